The Morgan fingerprint density at radius 3 is 1.31 bits per heavy atom. The molecule has 2 aliphatic carbocycles. The van der Waals surface area contributed by atoms with Gasteiger partial charge in [-0.05, 0) is 38.1 Å². The lowest BCUT2D eigenvalue weighted by atomic mass is 10.1. The molecule has 0 spiro atoms. The topological polar surface area (TPSA) is 111 Å². The van der Waals surface area contributed by atoms with Crippen LogP contribution in [0.2, 0.25) is 0 Å². The Kier molecular flexibility index (Phi) is 9.33. The van der Waals surface area contributed by atoms with Crippen LogP contribution < -0.4 is 10.6 Å². The van der Waals surface area contributed by atoms with Crippen molar-refractivity contribution in [2.24, 2.45) is 11.8 Å². The summed E-state index contributed by atoms with van der Waals surface area (Å²) in [7, 11) is 0. The molecule has 0 radical (unpaired) electrons. The molecule has 2 aliphatic rings. The summed E-state index contributed by atoms with van der Waals surface area (Å²) in [6, 6.07) is 6.62. The lowest BCUT2D eigenvalue weighted by Gasteiger charge is -2.13. The SMILES string of the molecule is CCOC(=O)/C(=C\C(=O)C1C=CC=C1)Nc1ccc(N/C(=C/C(=O)C2C=CC=C2)C(=O)OCC)cc1. The summed E-state index contributed by atoms with van der Waals surface area (Å²) in [6.45, 7) is 3.68. The van der Waals surface area contributed by atoms with Gasteiger partial charge in [0.1, 0.15) is 11.4 Å². The number of hydrogen-bond donors (Lipinski definition) is 2. The number of ketones is 2. The van der Waals surface area contributed by atoms with Crippen molar-refractivity contribution in [2.75, 3.05) is 23.8 Å². The maximum Gasteiger partial charge on any atom is 0.354 e. The first-order valence-electron chi connectivity index (χ1n) is 11.6. The van der Waals surface area contributed by atoms with E-state index in [-0.39, 0.29) is 36.2 Å². The number of anilines is 2. The van der Waals surface area contributed by atoms with Gasteiger partial charge in [-0.15, -0.1) is 0 Å². The van der Waals surface area contributed by atoms with Gasteiger partial charge >= 0.3 is 11.9 Å². The second-order valence-electron chi connectivity index (χ2n) is 7.78. The molecule has 2 N–H and O–H groups in total. The molecule has 3 rings (SSSR count). The second kappa shape index (κ2) is 12.9. The van der Waals surface area contributed by atoms with Crippen molar-refractivity contribution in [3.05, 3.63) is 96.4 Å². The lowest BCUT2D eigenvalue weighted by Crippen LogP contribution is -2.18. The smallest absolute Gasteiger partial charge is 0.354 e. The molecule has 186 valence electrons. The number of rotatable bonds is 12. The Labute approximate surface area is 209 Å². The lowest BCUT2D eigenvalue weighted by molar-refractivity contribution is -0.139. The van der Waals surface area contributed by atoms with Crippen LogP contribution in [-0.2, 0) is 28.7 Å². The minimum atomic E-state index is -0.653. The van der Waals surface area contributed by atoms with Gasteiger partial charge < -0.3 is 20.1 Å². The van der Waals surface area contributed by atoms with E-state index < -0.39 is 23.8 Å². The molecular weight excluding hydrogens is 460 g/mol. The summed E-state index contributed by atoms with van der Waals surface area (Å²) >= 11 is 0. The second-order valence-corrected chi connectivity index (χ2v) is 7.78. The van der Waals surface area contributed by atoms with Gasteiger partial charge in [-0.25, -0.2) is 9.59 Å². The van der Waals surface area contributed by atoms with Crippen LogP contribution in [0.5, 0.6) is 0 Å². The third kappa shape index (κ3) is 7.27. The maximum atomic E-state index is 12.5. The number of esters is 2. The van der Waals surface area contributed by atoms with Gasteiger partial charge in [0, 0.05) is 23.5 Å². The maximum absolute atomic E-state index is 12.5. The molecule has 0 saturated carbocycles. The highest BCUT2D eigenvalue weighted by atomic mass is 16.5. The van der Waals surface area contributed by atoms with Crippen molar-refractivity contribution < 1.29 is 28.7 Å². The number of allylic oxidation sites excluding steroid dienone is 10. The van der Waals surface area contributed by atoms with Crippen LogP contribution in [-0.4, -0.2) is 36.7 Å². The fraction of sp³-hybridized carbons (Fsp3) is 0.214. The zero-order chi connectivity index (χ0) is 25.9. The molecular formula is C28H28N2O6. The van der Waals surface area contributed by atoms with E-state index in [1.807, 2.05) is 0 Å². The summed E-state index contributed by atoms with van der Waals surface area (Å²) in [5.74, 6) is -2.66. The molecule has 1 aromatic rings. The summed E-state index contributed by atoms with van der Waals surface area (Å²) in [6.07, 6.45) is 16.5. The fourth-order valence-electron chi connectivity index (χ4n) is 3.38. The van der Waals surface area contributed by atoms with Crippen LogP contribution in [0, 0.1) is 11.8 Å². The van der Waals surface area contributed by atoms with Crippen LogP contribution in [0.25, 0.3) is 0 Å². The van der Waals surface area contributed by atoms with E-state index >= 15 is 0 Å². The molecule has 0 fully saturated rings. The van der Waals surface area contributed by atoms with E-state index in [1.165, 1.54) is 12.2 Å². The Morgan fingerprint density at radius 1 is 0.667 bits per heavy atom. The number of carbonyl (C=O) groups excluding carboxylic acids is 4. The predicted molar refractivity (Wildman–Crippen MR) is 137 cm³/mol. The molecule has 0 bridgehead atoms. The van der Waals surface area contributed by atoms with Crippen LogP contribution in [0.4, 0.5) is 11.4 Å². The Morgan fingerprint density at radius 2 is 1.00 bits per heavy atom. The van der Waals surface area contributed by atoms with Crippen LogP contribution >= 0.6 is 0 Å². The van der Waals surface area contributed by atoms with Gasteiger partial charge in [-0.1, -0.05) is 48.6 Å². The zero-order valence-electron chi connectivity index (χ0n) is 20.1. The quantitative estimate of drug-likeness (QED) is 0.335. The van der Waals surface area contributed by atoms with E-state index in [2.05, 4.69) is 10.6 Å². The minimum Gasteiger partial charge on any atom is -0.461 e. The number of nitrogens with one attached hydrogen (secondary N) is 2. The highest BCUT2D eigenvalue weighted by Gasteiger charge is 2.19. The zero-order valence-corrected chi connectivity index (χ0v) is 20.1. The van der Waals surface area contributed by atoms with E-state index in [1.54, 1.807) is 86.7 Å². The molecule has 0 amide bonds. The molecule has 0 saturated heterocycles. The highest BCUT2D eigenvalue weighted by molar-refractivity contribution is 6.04. The normalized spacial score (nSPS) is 15.3. The van der Waals surface area contributed by atoms with E-state index in [0.29, 0.717) is 11.4 Å². The van der Waals surface area contributed by atoms with Crippen LogP contribution in [0.1, 0.15) is 13.8 Å². The van der Waals surface area contributed by atoms with E-state index in [0.717, 1.165) is 0 Å². The van der Waals surface area contributed by atoms with Crippen molar-refractivity contribution >= 4 is 34.9 Å². The average Bonchev–Trinajstić information content (AvgIpc) is 3.59. The van der Waals surface area contributed by atoms with Crippen LogP contribution in [0.3, 0.4) is 0 Å². The summed E-state index contributed by atoms with van der Waals surface area (Å²) in [4.78, 5) is 49.8. The summed E-state index contributed by atoms with van der Waals surface area (Å²) in [5.41, 5.74) is 1.05. The molecule has 0 unspecified atom stereocenters. The highest BCUT2D eigenvalue weighted by Crippen LogP contribution is 2.20. The largest absolute Gasteiger partial charge is 0.461 e. The molecule has 0 heterocycles. The Balaban J connectivity index is 1.75. The fourth-order valence-corrected chi connectivity index (χ4v) is 3.38. The monoisotopic (exact) mass is 488 g/mol. The standard InChI is InChI=1S/C28H28N2O6/c1-3-35-27(33)23(17-25(31)19-9-5-6-10-19)29-21-13-15-22(16-14-21)30-24(28(34)36-4-2)18-26(32)20-11-7-8-12-20/h5-20,29-30H,3-4H2,1-2H3/b23-17+,24-18+. The average molecular weight is 489 g/mol. The van der Waals surface area contributed by atoms with Crippen molar-refractivity contribution in [1.29, 1.82) is 0 Å². The predicted octanol–water partition coefficient (Wildman–Crippen LogP) is 4.03. The van der Waals surface area contributed by atoms with Gasteiger partial charge in [0.2, 0.25) is 0 Å². The number of carbonyl (C=O) groups is 4. The molecule has 1 aromatic carbocycles. The molecule has 8 nitrogen and oxygen atoms in total. The van der Waals surface area contributed by atoms with E-state index in [4.69, 9.17) is 9.47 Å². The number of benzene rings is 1. The first-order valence-corrected chi connectivity index (χ1v) is 11.6. The third-order valence-electron chi connectivity index (χ3n) is 5.16. The van der Waals surface area contributed by atoms with Crippen molar-refractivity contribution in [2.45, 2.75) is 13.8 Å². The van der Waals surface area contributed by atoms with Gasteiger partial charge in [0.25, 0.3) is 0 Å². The van der Waals surface area contributed by atoms with Crippen molar-refractivity contribution in [3.63, 3.8) is 0 Å². The van der Waals surface area contributed by atoms with Crippen LogP contribution in [0.15, 0.2) is 96.4 Å². The molecule has 8 heteroatoms. The van der Waals surface area contributed by atoms with Gasteiger partial charge in [0.15, 0.2) is 11.6 Å². The number of ether oxygens (including phenoxy) is 2. The molecule has 0 atom stereocenters. The third-order valence-corrected chi connectivity index (χ3v) is 5.16. The molecule has 0 aliphatic heterocycles. The first kappa shape index (κ1) is 26.2. The number of hydrogen-bond acceptors (Lipinski definition) is 8. The summed E-state index contributed by atoms with van der Waals surface area (Å²) in [5, 5.41) is 5.85. The van der Waals surface area contributed by atoms with Crippen molar-refractivity contribution in [3.8, 4) is 0 Å². The summed E-state index contributed by atoms with van der Waals surface area (Å²) < 4.78 is 10.1. The van der Waals surface area contributed by atoms with E-state index in [9.17, 15) is 19.2 Å². The first-order chi connectivity index (χ1) is 17.4. The minimum absolute atomic E-state index is 0.00615. The van der Waals surface area contributed by atoms with Crippen molar-refractivity contribution in [1.82, 2.24) is 0 Å². The molecule has 36 heavy (non-hydrogen) atoms. The molecule has 0 aromatic heterocycles. The Bertz CT molecular complexity index is 1070. The van der Waals surface area contributed by atoms with Gasteiger partial charge in [-0.2, -0.15) is 0 Å². The van der Waals surface area contributed by atoms with Gasteiger partial charge in [0.05, 0.1) is 25.0 Å². The Hall–Kier alpha value is -4.46. The van der Waals surface area contributed by atoms with Gasteiger partial charge in [-0.3, -0.25) is 9.59 Å².